The molecule has 0 rings (SSSR count). The SMILES string of the molecule is F[B-](F)(F)F.F[B-](F)(F)F.O=P(O)(O)O.[LiH].[LiH]. The molecule has 0 aliphatic heterocycles. The van der Waals surface area contributed by atoms with E-state index in [1.54, 1.807) is 0 Å². The van der Waals surface area contributed by atoms with E-state index in [9.17, 15) is 34.5 Å². The molecule has 0 aromatic carbocycles. The van der Waals surface area contributed by atoms with Crippen molar-refractivity contribution < 1.29 is 53.8 Å². The van der Waals surface area contributed by atoms with Gasteiger partial charge < -0.3 is 49.2 Å². The van der Waals surface area contributed by atoms with Gasteiger partial charge in [-0.1, -0.05) is 0 Å². The van der Waals surface area contributed by atoms with Crippen molar-refractivity contribution in [1.82, 2.24) is 0 Å². The fourth-order valence-electron chi connectivity index (χ4n) is 0. The van der Waals surface area contributed by atoms with E-state index in [0.29, 0.717) is 0 Å². The second kappa shape index (κ2) is 11.9. The van der Waals surface area contributed by atoms with Crippen molar-refractivity contribution >= 4 is 60.1 Å². The van der Waals surface area contributed by atoms with Crippen molar-refractivity contribution in [2.24, 2.45) is 0 Å². The molecular formula is H5B2F8Li2O4P-2. The summed E-state index contributed by atoms with van der Waals surface area (Å²) in [4.78, 5) is 21.6. The van der Waals surface area contributed by atoms with Gasteiger partial charge in [-0.15, -0.1) is 0 Å². The minimum absolute atomic E-state index is 0. The van der Waals surface area contributed by atoms with Crippen LogP contribution in [0.2, 0.25) is 0 Å². The number of hydrogen-bond acceptors (Lipinski definition) is 1. The van der Waals surface area contributed by atoms with Crippen molar-refractivity contribution in [2.45, 2.75) is 0 Å². The molecule has 0 spiro atoms. The number of phosphoric acid groups is 1. The first-order valence-electron chi connectivity index (χ1n) is 2.53. The quantitative estimate of drug-likeness (QED) is 0.342. The Balaban J connectivity index is -0.0000000400. The van der Waals surface area contributed by atoms with Crippen LogP contribution < -0.4 is 0 Å². The summed E-state index contributed by atoms with van der Waals surface area (Å²) < 4.78 is 86.9. The zero-order valence-electron chi connectivity index (χ0n) is 6.38. The third-order valence-corrected chi connectivity index (χ3v) is 0. The maximum absolute atomic E-state index is 9.75. The molecule has 0 aromatic rings. The third-order valence-electron chi connectivity index (χ3n) is 0. The predicted octanol–water partition coefficient (Wildman–Crippen LogP) is 0.374. The number of halogens is 8. The summed E-state index contributed by atoms with van der Waals surface area (Å²) >= 11 is 0. The van der Waals surface area contributed by atoms with Gasteiger partial charge in [-0.05, 0) is 0 Å². The van der Waals surface area contributed by atoms with Crippen LogP contribution in [0.15, 0.2) is 0 Å². The Morgan fingerprint density at radius 3 is 0.647 bits per heavy atom. The van der Waals surface area contributed by atoms with Gasteiger partial charge in [0.05, 0.1) is 0 Å². The zero-order chi connectivity index (χ0) is 13.5. The molecule has 0 bridgehead atoms. The summed E-state index contributed by atoms with van der Waals surface area (Å²) in [6, 6.07) is 0. The zero-order valence-corrected chi connectivity index (χ0v) is 7.27. The fourth-order valence-corrected chi connectivity index (χ4v) is 0. The van der Waals surface area contributed by atoms with E-state index >= 15 is 0 Å². The predicted molar refractivity (Wildman–Crippen MR) is 48.9 cm³/mol. The first-order chi connectivity index (χ1) is 6.00. The van der Waals surface area contributed by atoms with Crippen molar-refractivity contribution in [3.63, 3.8) is 0 Å². The van der Waals surface area contributed by atoms with Crippen LogP contribution in [-0.2, 0) is 4.57 Å². The summed E-state index contributed by atoms with van der Waals surface area (Å²) in [6.07, 6.45) is 0. The number of rotatable bonds is 0. The molecular weight excluding hydrogens is 282 g/mol. The fraction of sp³-hybridized carbons (Fsp3) is 0. The first kappa shape index (κ1) is 30.7. The normalized spacial score (nSPS) is 10.5. The van der Waals surface area contributed by atoms with E-state index in [0.717, 1.165) is 0 Å². The second-order valence-corrected chi connectivity index (χ2v) is 2.53. The van der Waals surface area contributed by atoms with E-state index in [1.165, 1.54) is 0 Å². The molecule has 0 fully saturated rings. The average molecular weight is 287 g/mol. The van der Waals surface area contributed by atoms with Crippen LogP contribution in [0, 0.1) is 0 Å². The Labute approximate surface area is 114 Å². The standard InChI is InChI=1S/2BF4.2Li.H3O4P.2H/c2*2-1(3,4)5;;;1-5(2,3)4;;/h;;;;(H3,1,2,3,4);;/q2*-1;;;;;. The van der Waals surface area contributed by atoms with Crippen LogP contribution in [0.4, 0.5) is 34.5 Å². The Kier molecular flexibility index (Phi) is 21.6. The molecule has 0 aromatic heterocycles. The Hall–Kier alpha value is 0.875. The van der Waals surface area contributed by atoms with Crippen molar-refractivity contribution in [1.29, 1.82) is 0 Å². The van der Waals surface area contributed by atoms with E-state index in [4.69, 9.17) is 19.2 Å². The van der Waals surface area contributed by atoms with Gasteiger partial charge >= 0.3 is 60.1 Å². The van der Waals surface area contributed by atoms with Crippen molar-refractivity contribution in [3.8, 4) is 0 Å². The second-order valence-electron chi connectivity index (χ2n) is 1.50. The minimum atomic E-state index is -6.00. The summed E-state index contributed by atoms with van der Waals surface area (Å²) in [5.41, 5.74) is 0. The molecule has 0 heterocycles. The molecule has 0 atom stereocenters. The van der Waals surface area contributed by atoms with E-state index in [-0.39, 0.29) is 37.7 Å². The van der Waals surface area contributed by atoms with E-state index in [2.05, 4.69) is 0 Å². The van der Waals surface area contributed by atoms with Gasteiger partial charge in [-0.2, -0.15) is 0 Å². The molecule has 100 valence electrons. The molecule has 0 amide bonds. The van der Waals surface area contributed by atoms with E-state index < -0.39 is 22.3 Å². The van der Waals surface area contributed by atoms with Crippen LogP contribution in [0.3, 0.4) is 0 Å². The summed E-state index contributed by atoms with van der Waals surface area (Å²) in [5.74, 6) is 0. The van der Waals surface area contributed by atoms with Gasteiger partial charge in [0.2, 0.25) is 0 Å². The monoisotopic (exact) mass is 288 g/mol. The Morgan fingerprint density at radius 2 is 0.647 bits per heavy atom. The third kappa shape index (κ3) is 4880. The van der Waals surface area contributed by atoms with Gasteiger partial charge in [0.25, 0.3) is 0 Å². The molecule has 4 nitrogen and oxygen atoms in total. The molecule has 0 saturated carbocycles. The average Bonchev–Trinajstić information content (AvgIpc) is 1.41. The summed E-state index contributed by atoms with van der Waals surface area (Å²) in [7, 11) is -16.6. The molecule has 17 heteroatoms. The topological polar surface area (TPSA) is 77.8 Å². The molecule has 0 aliphatic carbocycles. The molecule has 3 N–H and O–H groups in total. The van der Waals surface area contributed by atoms with Gasteiger partial charge in [-0.3, -0.25) is 0 Å². The van der Waals surface area contributed by atoms with Crippen LogP contribution in [0.5, 0.6) is 0 Å². The molecule has 0 saturated heterocycles. The van der Waals surface area contributed by atoms with Gasteiger partial charge in [-0.25, -0.2) is 4.57 Å². The first-order valence-corrected chi connectivity index (χ1v) is 4.09. The molecule has 0 unspecified atom stereocenters. The van der Waals surface area contributed by atoms with Crippen molar-refractivity contribution in [2.75, 3.05) is 0 Å². The molecule has 0 aliphatic rings. The molecule has 0 radical (unpaired) electrons. The summed E-state index contributed by atoms with van der Waals surface area (Å²) in [5, 5.41) is 0. The van der Waals surface area contributed by atoms with Crippen LogP contribution in [0.25, 0.3) is 0 Å². The summed E-state index contributed by atoms with van der Waals surface area (Å²) in [6.45, 7) is 0. The number of hydrogen-bond donors (Lipinski definition) is 3. The van der Waals surface area contributed by atoms with Gasteiger partial charge in [0.1, 0.15) is 0 Å². The van der Waals surface area contributed by atoms with Gasteiger partial charge in [0, 0.05) is 0 Å². The maximum atomic E-state index is 9.75. The molecule has 17 heavy (non-hydrogen) atoms. The van der Waals surface area contributed by atoms with Gasteiger partial charge in [0.15, 0.2) is 0 Å². The van der Waals surface area contributed by atoms with Crippen molar-refractivity contribution in [3.05, 3.63) is 0 Å². The van der Waals surface area contributed by atoms with Crippen LogP contribution in [-0.4, -0.2) is 66.9 Å². The van der Waals surface area contributed by atoms with E-state index in [1.807, 2.05) is 0 Å². The van der Waals surface area contributed by atoms with Crippen LogP contribution >= 0.6 is 7.82 Å². The Bertz CT molecular complexity index is 166. The Morgan fingerprint density at radius 1 is 0.647 bits per heavy atom. The van der Waals surface area contributed by atoms with Crippen LogP contribution in [0.1, 0.15) is 0 Å².